The molecule has 3 N–H and O–H groups in total. The number of fused-ring (bicyclic) bond motifs is 3. The molecule has 2 atom stereocenters. The predicted octanol–water partition coefficient (Wildman–Crippen LogP) is 2.85. The van der Waals surface area contributed by atoms with Gasteiger partial charge in [0.15, 0.2) is 0 Å². The molecule has 1 aliphatic heterocycles. The Morgan fingerprint density at radius 1 is 1.14 bits per heavy atom. The number of imidazole rings is 1. The fraction of sp³-hybridized carbons (Fsp3) is 0.280. The van der Waals surface area contributed by atoms with E-state index in [1.54, 1.807) is 6.20 Å². The lowest BCUT2D eigenvalue weighted by molar-refractivity contribution is -0.148. The van der Waals surface area contributed by atoms with Crippen molar-refractivity contribution in [3.63, 3.8) is 0 Å². The van der Waals surface area contributed by atoms with Crippen LogP contribution in [0.5, 0.6) is 0 Å². The largest absolute Gasteiger partial charge is 0.480 e. The Balaban J connectivity index is 1.30. The molecule has 2 aliphatic rings. The van der Waals surface area contributed by atoms with Gasteiger partial charge in [-0.05, 0) is 22.3 Å². The topological polar surface area (TPSA) is 125 Å². The van der Waals surface area contributed by atoms with Crippen LogP contribution in [0.1, 0.15) is 22.7 Å². The van der Waals surface area contributed by atoms with Crippen LogP contribution in [0.4, 0.5) is 4.79 Å². The molecule has 0 bridgehead atoms. The molecule has 0 radical (unpaired) electrons. The summed E-state index contributed by atoms with van der Waals surface area (Å²) in [6.45, 7) is 0.113. The van der Waals surface area contributed by atoms with E-state index in [0.29, 0.717) is 11.4 Å². The maximum Gasteiger partial charge on any atom is 0.407 e. The average molecular weight is 493 g/mol. The lowest BCUT2D eigenvalue weighted by Crippen LogP contribution is -2.53. The lowest BCUT2D eigenvalue weighted by Gasteiger charge is -2.26. The number of carboxylic acid groups (broad SMARTS) is 1. The first kappa shape index (κ1) is 23.0. The van der Waals surface area contributed by atoms with Crippen LogP contribution >= 0.6 is 11.8 Å². The zero-order chi connectivity index (χ0) is 24.4. The van der Waals surface area contributed by atoms with E-state index in [1.807, 2.05) is 36.4 Å². The highest BCUT2D eigenvalue weighted by Crippen LogP contribution is 2.44. The van der Waals surface area contributed by atoms with Gasteiger partial charge in [0.05, 0.1) is 12.2 Å². The Kier molecular flexibility index (Phi) is 6.45. The molecule has 5 rings (SSSR count). The molecular formula is C25H24N4O5S. The van der Waals surface area contributed by atoms with Crippen molar-refractivity contribution in [1.29, 1.82) is 0 Å². The van der Waals surface area contributed by atoms with E-state index < -0.39 is 30.1 Å². The molecule has 1 saturated heterocycles. The number of benzene rings is 2. The van der Waals surface area contributed by atoms with Crippen molar-refractivity contribution in [2.75, 3.05) is 18.2 Å². The fourth-order valence-electron chi connectivity index (χ4n) is 4.66. The van der Waals surface area contributed by atoms with Crippen LogP contribution in [0.25, 0.3) is 11.1 Å². The second-order valence-corrected chi connectivity index (χ2v) is 9.47. The summed E-state index contributed by atoms with van der Waals surface area (Å²) in [7, 11) is 0. The molecule has 0 saturated carbocycles. The number of carbonyl (C=O) groups is 3. The Labute approximate surface area is 205 Å². The molecule has 180 valence electrons. The minimum atomic E-state index is -1.07. The number of H-pyrrole nitrogens is 1. The number of carboxylic acids is 1. The van der Waals surface area contributed by atoms with Crippen molar-refractivity contribution >= 4 is 29.7 Å². The monoisotopic (exact) mass is 492 g/mol. The third-order valence-corrected chi connectivity index (χ3v) is 7.38. The number of thioether (sulfide) groups is 1. The van der Waals surface area contributed by atoms with Crippen LogP contribution in [-0.2, 0) is 20.7 Å². The summed E-state index contributed by atoms with van der Waals surface area (Å²) in [5.74, 6) is -1.08. The summed E-state index contributed by atoms with van der Waals surface area (Å²) in [4.78, 5) is 45.9. The normalized spacial score (nSPS) is 17.5. The first-order valence-corrected chi connectivity index (χ1v) is 12.4. The van der Waals surface area contributed by atoms with E-state index in [0.717, 1.165) is 22.3 Å². The first-order chi connectivity index (χ1) is 17.0. The number of alkyl carbamates (subject to hydrolysis) is 1. The number of aliphatic carboxylic acids is 1. The smallest absolute Gasteiger partial charge is 0.407 e. The quantitative estimate of drug-likeness (QED) is 0.463. The maximum absolute atomic E-state index is 13.3. The van der Waals surface area contributed by atoms with Crippen molar-refractivity contribution in [2.45, 2.75) is 24.4 Å². The number of hydrogen-bond acceptors (Lipinski definition) is 6. The molecule has 1 fully saturated rings. The Hall–Kier alpha value is -3.79. The minimum absolute atomic E-state index is 0.110. The molecule has 9 nitrogen and oxygen atoms in total. The standard InChI is InChI=1S/C25H24N4O5S/c30-23(29-14-35-12-22(29)24(31)32)21(9-15-10-26-13-27-15)28-25(33)34-11-20-18-7-3-1-5-16(18)17-6-2-4-8-19(17)20/h1-8,10,13,20-22H,9,11-12,14H2,(H,26,27)(H,28,33)(H,31,32)/t21-,22?/m0/s1. The van der Waals surface area contributed by atoms with Gasteiger partial charge < -0.3 is 25.0 Å². The highest BCUT2D eigenvalue weighted by Gasteiger charge is 2.38. The number of aromatic amines is 1. The summed E-state index contributed by atoms with van der Waals surface area (Å²) in [5.41, 5.74) is 5.06. The molecule has 2 amide bonds. The van der Waals surface area contributed by atoms with Crippen LogP contribution in [0.2, 0.25) is 0 Å². The van der Waals surface area contributed by atoms with Crippen LogP contribution in [0, 0.1) is 0 Å². The second kappa shape index (κ2) is 9.83. The van der Waals surface area contributed by atoms with E-state index in [2.05, 4.69) is 27.4 Å². The third-order valence-electron chi connectivity index (χ3n) is 6.36. The van der Waals surface area contributed by atoms with Gasteiger partial charge in [-0.25, -0.2) is 14.6 Å². The molecule has 3 aromatic rings. The lowest BCUT2D eigenvalue weighted by atomic mass is 9.98. The maximum atomic E-state index is 13.3. The van der Waals surface area contributed by atoms with Gasteiger partial charge in [0.25, 0.3) is 0 Å². The number of nitrogens with one attached hydrogen (secondary N) is 2. The molecule has 10 heteroatoms. The summed E-state index contributed by atoms with van der Waals surface area (Å²) in [6.07, 6.45) is 2.45. The number of carbonyl (C=O) groups excluding carboxylic acids is 2. The van der Waals surface area contributed by atoms with E-state index in [9.17, 15) is 19.5 Å². The molecule has 0 spiro atoms. The Morgan fingerprint density at radius 3 is 2.46 bits per heavy atom. The van der Waals surface area contributed by atoms with Gasteiger partial charge in [-0.2, -0.15) is 0 Å². The SMILES string of the molecule is O=C(N[C@@H](Cc1cnc[nH]1)C(=O)N1CSCC1C(=O)O)OCC1c2ccccc2-c2ccccc21. The molecule has 35 heavy (non-hydrogen) atoms. The predicted molar refractivity (Wildman–Crippen MR) is 130 cm³/mol. The number of amides is 2. The number of aromatic nitrogens is 2. The van der Waals surface area contributed by atoms with Crippen LogP contribution in [0.15, 0.2) is 61.1 Å². The van der Waals surface area contributed by atoms with Crippen molar-refractivity contribution in [1.82, 2.24) is 20.2 Å². The molecule has 2 aromatic carbocycles. The summed E-state index contributed by atoms with van der Waals surface area (Å²) >= 11 is 1.37. The van der Waals surface area contributed by atoms with E-state index in [-0.39, 0.29) is 24.8 Å². The van der Waals surface area contributed by atoms with E-state index in [1.165, 1.54) is 23.0 Å². The second-order valence-electron chi connectivity index (χ2n) is 8.47. The number of hydrogen-bond donors (Lipinski definition) is 3. The van der Waals surface area contributed by atoms with E-state index in [4.69, 9.17) is 4.74 Å². The molecular weight excluding hydrogens is 468 g/mol. The number of rotatable bonds is 7. The van der Waals surface area contributed by atoms with Crippen molar-refractivity contribution in [3.8, 4) is 11.1 Å². The molecule has 1 aromatic heterocycles. The van der Waals surface area contributed by atoms with Crippen LogP contribution < -0.4 is 5.32 Å². The van der Waals surface area contributed by atoms with Gasteiger partial charge >= 0.3 is 12.1 Å². The van der Waals surface area contributed by atoms with Gasteiger partial charge in [-0.15, -0.1) is 11.8 Å². The zero-order valence-electron chi connectivity index (χ0n) is 18.7. The highest BCUT2D eigenvalue weighted by molar-refractivity contribution is 7.99. The molecule has 1 aliphatic carbocycles. The highest BCUT2D eigenvalue weighted by atomic mass is 32.2. The number of nitrogens with zero attached hydrogens (tertiary/aromatic N) is 2. The molecule has 2 heterocycles. The van der Waals surface area contributed by atoms with Crippen molar-refractivity contribution in [3.05, 3.63) is 77.9 Å². The third kappa shape index (κ3) is 4.61. The summed E-state index contributed by atoms with van der Waals surface area (Å²) in [6, 6.07) is 14.1. The van der Waals surface area contributed by atoms with Gasteiger partial charge in [0.1, 0.15) is 18.7 Å². The van der Waals surface area contributed by atoms with Gasteiger partial charge in [0, 0.05) is 30.0 Å². The molecule has 1 unspecified atom stereocenters. The zero-order valence-corrected chi connectivity index (χ0v) is 19.5. The van der Waals surface area contributed by atoms with E-state index >= 15 is 0 Å². The average Bonchev–Trinajstić information content (AvgIpc) is 3.61. The van der Waals surface area contributed by atoms with Gasteiger partial charge in [-0.1, -0.05) is 48.5 Å². The first-order valence-electron chi connectivity index (χ1n) is 11.2. The van der Waals surface area contributed by atoms with Crippen LogP contribution in [-0.4, -0.2) is 68.3 Å². The van der Waals surface area contributed by atoms with Crippen molar-refractivity contribution < 1.29 is 24.2 Å². The van der Waals surface area contributed by atoms with Crippen molar-refractivity contribution in [2.24, 2.45) is 0 Å². The Morgan fingerprint density at radius 2 is 1.83 bits per heavy atom. The Bertz CT molecular complexity index is 1200. The minimum Gasteiger partial charge on any atom is -0.480 e. The van der Waals surface area contributed by atoms with Gasteiger partial charge in [0.2, 0.25) is 5.91 Å². The summed E-state index contributed by atoms with van der Waals surface area (Å²) < 4.78 is 5.61. The summed E-state index contributed by atoms with van der Waals surface area (Å²) in [5, 5.41) is 12.1. The number of ether oxygens (including phenoxy) is 1. The fourth-order valence-corrected chi connectivity index (χ4v) is 5.82. The van der Waals surface area contributed by atoms with Crippen LogP contribution in [0.3, 0.4) is 0 Å². The van der Waals surface area contributed by atoms with Gasteiger partial charge in [-0.3, -0.25) is 4.79 Å².